The molecule has 248 valence electrons. The molecule has 2 aromatic heterocycles. The standard InChI is InChI=1S/C30H31F2N7O5.CH2O2/c1-43-23-6-5-19(25(31)26(23)32)22-16-35-28-27(33-7-8-39(22)28)36-17-3-4-20(24(13-17)44-2)29(41)37-9-11-38(12-10-37)30(42)21-14-18(40)15-34-21;2-1-3/h3-8,13,16,18,21,34,40H,9-12,14-15H2,1-2H3,(H,33,36);1H,(H,2,3)/t18-,21+;/m0./s1. The number of β-amino-alcohol motifs (C(OH)–C–C–N with tert-alkyl or cyclic N) is 1. The lowest BCUT2D eigenvalue weighted by Crippen LogP contribution is -2.54. The van der Waals surface area contributed by atoms with Crippen molar-refractivity contribution in [3.8, 4) is 22.8 Å². The largest absolute Gasteiger partial charge is 0.496 e. The fourth-order valence-electron chi connectivity index (χ4n) is 5.60. The molecule has 2 aliphatic rings. The number of fused-ring (bicyclic) bond motifs is 1. The molecule has 2 amide bonds. The number of hydrogen-bond donors (Lipinski definition) is 4. The second-order valence-corrected chi connectivity index (χ2v) is 10.7. The van der Waals surface area contributed by atoms with Gasteiger partial charge in [-0.3, -0.25) is 18.8 Å². The van der Waals surface area contributed by atoms with Crippen LogP contribution in [0.25, 0.3) is 16.9 Å². The van der Waals surface area contributed by atoms with Gasteiger partial charge in [-0.2, -0.15) is 4.39 Å². The zero-order valence-electron chi connectivity index (χ0n) is 25.5. The van der Waals surface area contributed by atoms with Crippen molar-refractivity contribution < 1.29 is 42.9 Å². The van der Waals surface area contributed by atoms with Crippen molar-refractivity contribution in [1.82, 2.24) is 29.5 Å². The van der Waals surface area contributed by atoms with Gasteiger partial charge in [-0.15, -0.1) is 0 Å². The van der Waals surface area contributed by atoms with Gasteiger partial charge < -0.3 is 40.1 Å². The molecule has 0 unspecified atom stereocenters. The number of rotatable bonds is 7. The maximum absolute atomic E-state index is 14.8. The van der Waals surface area contributed by atoms with Crippen molar-refractivity contribution in [2.75, 3.05) is 52.3 Å². The van der Waals surface area contributed by atoms with Crippen LogP contribution in [0, 0.1) is 11.6 Å². The van der Waals surface area contributed by atoms with Crippen molar-refractivity contribution >= 4 is 35.4 Å². The molecule has 14 nitrogen and oxygen atoms in total. The molecule has 0 saturated carbocycles. The first-order chi connectivity index (χ1) is 22.7. The maximum atomic E-state index is 14.8. The van der Waals surface area contributed by atoms with Crippen molar-refractivity contribution in [2.45, 2.75) is 18.6 Å². The molecule has 2 atom stereocenters. The van der Waals surface area contributed by atoms with Crippen LogP contribution in [0.15, 0.2) is 48.9 Å². The molecule has 0 spiro atoms. The normalized spacial score (nSPS) is 17.6. The van der Waals surface area contributed by atoms with Crippen LogP contribution in [0.4, 0.5) is 20.3 Å². The Morgan fingerprint density at radius 1 is 1.02 bits per heavy atom. The molecule has 2 aliphatic heterocycles. The quantitative estimate of drug-likeness (QED) is 0.216. The number of carbonyl (C=O) groups excluding carboxylic acids is 2. The Bertz CT molecular complexity index is 1780. The molecule has 47 heavy (non-hydrogen) atoms. The first-order valence-electron chi connectivity index (χ1n) is 14.6. The number of carbonyl (C=O) groups is 3. The maximum Gasteiger partial charge on any atom is 0.290 e. The van der Waals surface area contributed by atoms with Crippen LogP contribution in [0.3, 0.4) is 0 Å². The molecule has 0 aliphatic carbocycles. The van der Waals surface area contributed by atoms with Gasteiger partial charge in [0.25, 0.3) is 12.4 Å². The number of carboxylic acid groups (broad SMARTS) is 1. The minimum atomic E-state index is -1.09. The molecule has 0 bridgehead atoms. The topological polar surface area (TPSA) is 171 Å². The summed E-state index contributed by atoms with van der Waals surface area (Å²) in [6.45, 7) is 1.69. The van der Waals surface area contributed by atoms with Crippen molar-refractivity contribution in [3.63, 3.8) is 0 Å². The predicted molar refractivity (Wildman–Crippen MR) is 165 cm³/mol. The van der Waals surface area contributed by atoms with E-state index in [-0.39, 0.29) is 29.6 Å². The van der Waals surface area contributed by atoms with E-state index in [4.69, 9.17) is 19.4 Å². The van der Waals surface area contributed by atoms with E-state index in [1.54, 1.807) is 38.6 Å². The summed E-state index contributed by atoms with van der Waals surface area (Å²) in [5, 5.41) is 22.8. The summed E-state index contributed by atoms with van der Waals surface area (Å²) in [5.74, 6) is -1.94. The second-order valence-electron chi connectivity index (χ2n) is 10.7. The van der Waals surface area contributed by atoms with E-state index >= 15 is 0 Å². The number of amides is 2. The van der Waals surface area contributed by atoms with Crippen LogP contribution in [-0.2, 0) is 9.59 Å². The Kier molecular flexibility index (Phi) is 10.1. The van der Waals surface area contributed by atoms with Gasteiger partial charge in [0.15, 0.2) is 23.0 Å². The van der Waals surface area contributed by atoms with E-state index in [2.05, 4.69) is 20.6 Å². The van der Waals surface area contributed by atoms with Gasteiger partial charge in [-0.1, -0.05) is 0 Å². The van der Waals surface area contributed by atoms with Gasteiger partial charge in [0.2, 0.25) is 11.7 Å². The number of nitrogens with zero attached hydrogens (tertiary/aromatic N) is 5. The third kappa shape index (κ3) is 6.78. The van der Waals surface area contributed by atoms with Gasteiger partial charge in [0.05, 0.1) is 43.8 Å². The van der Waals surface area contributed by atoms with E-state index in [1.165, 1.54) is 38.7 Å². The summed E-state index contributed by atoms with van der Waals surface area (Å²) in [5.41, 5.74) is 1.63. The number of methoxy groups -OCH3 is 2. The Morgan fingerprint density at radius 2 is 1.72 bits per heavy atom. The van der Waals surface area contributed by atoms with E-state index in [1.807, 2.05) is 0 Å². The summed E-state index contributed by atoms with van der Waals surface area (Å²) in [4.78, 5) is 46.7. The number of halogens is 2. The molecule has 6 rings (SSSR count). The van der Waals surface area contributed by atoms with Crippen LogP contribution >= 0.6 is 0 Å². The minimum absolute atomic E-state index is 0.0108. The molecule has 2 saturated heterocycles. The van der Waals surface area contributed by atoms with Crippen molar-refractivity contribution in [3.05, 3.63) is 66.1 Å². The highest BCUT2D eigenvalue weighted by atomic mass is 19.2. The Balaban J connectivity index is 0.00000139. The number of piperazine rings is 1. The summed E-state index contributed by atoms with van der Waals surface area (Å²) < 4.78 is 41.2. The van der Waals surface area contributed by atoms with Gasteiger partial charge in [-0.25, -0.2) is 14.4 Å². The lowest BCUT2D eigenvalue weighted by molar-refractivity contribution is -0.134. The highest BCUT2D eigenvalue weighted by Crippen LogP contribution is 2.32. The molecule has 2 fully saturated rings. The molecule has 0 radical (unpaired) electrons. The Labute approximate surface area is 267 Å². The zero-order valence-corrected chi connectivity index (χ0v) is 25.5. The SMILES string of the molecule is COc1cc(Nc2nccn3c(-c4ccc(OC)c(F)c4F)cnc23)ccc1C(=O)N1CCN(C(=O)[C@H]2C[C@H](O)CN2)CC1.O=CO. The smallest absolute Gasteiger partial charge is 0.290 e. The first kappa shape index (κ1) is 33.0. The third-order valence-electron chi connectivity index (χ3n) is 7.95. The summed E-state index contributed by atoms with van der Waals surface area (Å²) in [6, 6.07) is 7.40. The fraction of sp³-hybridized carbons (Fsp3) is 0.323. The van der Waals surface area contributed by atoms with Crippen LogP contribution < -0.4 is 20.1 Å². The first-order valence-corrected chi connectivity index (χ1v) is 14.6. The zero-order chi connectivity index (χ0) is 33.7. The third-order valence-corrected chi connectivity index (χ3v) is 7.95. The highest BCUT2D eigenvalue weighted by Gasteiger charge is 2.34. The van der Waals surface area contributed by atoms with E-state index in [0.717, 1.165) is 0 Å². The summed E-state index contributed by atoms with van der Waals surface area (Å²) in [7, 11) is 2.73. The van der Waals surface area contributed by atoms with Gasteiger partial charge in [-0.05, 0) is 30.7 Å². The van der Waals surface area contributed by atoms with Crippen LogP contribution in [0.1, 0.15) is 16.8 Å². The average Bonchev–Trinajstić information content (AvgIpc) is 3.73. The number of benzene rings is 2. The number of imidazole rings is 1. The molecule has 2 aromatic carbocycles. The number of nitrogens with one attached hydrogen (secondary N) is 2. The monoisotopic (exact) mass is 653 g/mol. The summed E-state index contributed by atoms with van der Waals surface area (Å²) in [6.07, 6.45) is 4.39. The van der Waals surface area contributed by atoms with E-state index in [9.17, 15) is 23.5 Å². The molecule has 4 heterocycles. The van der Waals surface area contributed by atoms with Crippen LogP contribution in [0.2, 0.25) is 0 Å². The van der Waals surface area contributed by atoms with Gasteiger partial charge in [0.1, 0.15) is 5.75 Å². The number of ether oxygens (including phenoxy) is 2. The molecule has 4 N–H and O–H groups in total. The second kappa shape index (κ2) is 14.4. The number of aromatic nitrogens is 3. The van der Waals surface area contributed by atoms with Crippen molar-refractivity contribution in [2.24, 2.45) is 0 Å². The number of aliphatic hydroxyl groups excluding tert-OH is 1. The number of hydrogen-bond acceptors (Lipinski definition) is 10. The lowest BCUT2D eigenvalue weighted by atomic mass is 10.1. The van der Waals surface area contributed by atoms with E-state index < -0.39 is 23.8 Å². The molecule has 4 aromatic rings. The average molecular weight is 654 g/mol. The lowest BCUT2D eigenvalue weighted by Gasteiger charge is -2.36. The van der Waals surface area contributed by atoms with Crippen molar-refractivity contribution in [1.29, 1.82) is 0 Å². The number of anilines is 2. The molecular formula is C31H33F2N7O7. The van der Waals surface area contributed by atoms with Crippen LogP contribution in [0.5, 0.6) is 11.5 Å². The Hall–Kier alpha value is -5.35. The van der Waals surface area contributed by atoms with Gasteiger partial charge >= 0.3 is 0 Å². The Morgan fingerprint density at radius 3 is 2.38 bits per heavy atom. The number of aliphatic hydroxyl groups is 1. The fourth-order valence-corrected chi connectivity index (χ4v) is 5.60. The predicted octanol–water partition coefficient (Wildman–Crippen LogP) is 2.14. The highest BCUT2D eigenvalue weighted by molar-refractivity contribution is 5.98. The molecule has 16 heteroatoms. The van der Waals surface area contributed by atoms with Crippen LogP contribution in [-0.4, -0.2) is 112 Å². The van der Waals surface area contributed by atoms with E-state index in [0.29, 0.717) is 73.3 Å². The van der Waals surface area contributed by atoms with Gasteiger partial charge in [0, 0.05) is 62.4 Å². The summed E-state index contributed by atoms with van der Waals surface area (Å²) >= 11 is 0. The minimum Gasteiger partial charge on any atom is -0.496 e. The molecular weight excluding hydrogens is 620 g/mol.